The van der Waals surface area contributed by atoms with Crippen molar-refractivity contribution in [3.8, 4) is 0 Å². The Hall–Kier alpha value is -2.89. The van der Waals surface area contributed by atoms with Crippen molar-refractivity contribution in [1.29, 1.82) is 0 Å². The molecule has 2 heterocycles. The molecule has 0 spiro atoms. The molecular formula is C22H21F2N3O5S. The highest BCUT2D eigenvalue weighted by Crippen LogP contribution is 2.53. The molecule has 1 saturated carbocycles. The third-order valence-corrected chi connectivity index (χ3v) is 8.71. The van der Waals surface area contributed by atoms with Crippen LogP contribution in [0.4, 0.5) is 8.78 Å². The summed E-state index contributed by atoms with van der Waals surface area (Å²) in [5.41, 5.74) is -0.666. The quantitative estimate of drug-likeness (QED) is 0.584. The molecule has 1 aliphatic heterocycles. The highest BCUT2D eigenvalue weighted by atomic mass is 32.2. The average Bonchev–Trinajstić information content (AvgIpc) is 3.47. The van der Waals surface area contributed by atoms with Crippen molar-refractivity contribution in [3.63, 3.8) is 0 Å². The monoisotopic (exact) mass is 477 g/mol. The summed E-state index contributed by atoms with van der Waals surface area (Å²) < 4.78 is 62.4. The van der Waals surface area contributed by atoms with Gasteiger partial charge < -0.3 is 9.52 Å². The number of H-pyrrole nitrogens is 1. The van der Waals surface area contributed by atoms with Crippen LogP contribution in [0.3, 0.4) is 0 Å². The van der Waals surface area contributed by atoms with Crippen LogP contribution in [0.1, 0.15) is 53.5 Å². The number of nitrogens with zero attached hydrogens (tertiary/aromatic N) is 2. The third kappa shape index (κ3) is 3.69. The van der Waals surface area contributed by atoms with E-state index in [0.717, 1.165) is 16.4 Å². The Labute approximate surface area is 187 Å². The van der Waals surface area contributed by atoms with Crippen molar-refractivity contribution in [2.24, 2.45) is 0 Å². The van der Waals surface area contributed by atoms with Crippen molar-refractivity contribution in [3.05, 3.63) is 87.2 Å². The van der Waals surface area contributed by atoms with Gasteiger partial charge in [-0.25, -0.2) is 27.1 Å². The minimum atomic E-state index is -4.03. The van der Waals surface area contributed by atoms with Gasteiger partial charge in [0.15, 0.2) is 0 Å². The van der Waals surface area contributed by atoms with Crippen LogP contribution in [0.15, 0.2) is 51.7 Å². The van der Waals surface area contributed by atoms with E-state index in [2.05, 4.69) is 10.2 Å². The molecular weight excluding hydrogens is 456 g/mol. The van der Waals surface area contributed by atoms with Crippen LogP contribution in [0.2, 0.25) is 0 Å². The lowest BCUT2D eigenvalue weighted by Crippen LogP contribution is -2.46. The summed E-state index contributed by atoms with van der Waals surface area (Å²) in [4.78, 5) is 11.3. The molecule has 2 fully saturated rings. The predicted molar refractivity (Wildman–Crippen MR) is 112 cm³/mol. The fourth-order valence-electron chi connectivity index (χ4n) is 4.53. The summed E-state index contributed by atoms with van der Waals surface area (Å²) in [6.45, 7) is -0.514. The summed E-state index contributed by atoms with van der Waals surface area (Å²) in [5.74, 6) is -2.39. The van der Waals surface area contributed by atoms with Crippen LogP contribution in [0.5, 0.6) is 0 Å². The van der Waals surface area contributed by atoms with E-state index < -0.39 is 50.9 Å². The fraction of sp³-hybridized carbons (Fsp3) is 0.364. The van der Waals surface area contributed by atoms with Crippen LogP contribution in [0, 0.1) is 11.6 Å². The molecule has 1 aromatic heterocycles. The zero-order valence-corrected chi connectivity index (χ0v) is 18.2. The van der Waals surface area contributed by atoms with Crippen molar-refractivity contribution in [2.75, 3.05) is 0 Å². The molecule has 2 N–H and O–H groups in total. The number of aliphatic hydroxyl groups is 1. The largest absolute Gasteiger partial charge is 0.434 e. The van der Waals surface area contributed by atoms with Crippen LogP contribution >= 0.6 is 0 Å². The normalized spacial score (nSPS) is 24.0. The first-order valence-electron chi connectivity index (χ1n) is 10.5. The number of hydrogen-bond donors (Lipinski definition) is 2. The van der Waals surface area contributed by atoms with E-state index >= 15 is 8.78 Å². The Balaban J connectivity index is 1.47. The molecule has 0 radical (unpaired) electrons. The maximum atomic E-state index is 15.1. The summed E-state index contributed by atoms with van der Waals surface area (Å²) in [6, 6.07) is 10.5. The minimum absolute atomic E-state index is 0.0109. The van der Waals surface area contributed by atoms with Gasteiger partial charge >= 0.3 is 5.76 Å². The second-order valence-electron chi connectivity index (χ2n) is 8.47. The number of benzene rings is 2. The van der Waals surface area contributed by atoms with Gasteiger partial charge in [-0.3, -0.25) is 0 Å². The zero-order chi connectivity index (χ0) is 23.4. The Morgan fingerprint density at radius 1 is 1.15 bits per heavy atom. The van der Waals surface area contributed by atoms with Crippen LogP contribution in [-0.4, -0.2) is 34.3 Å². The lowest BCUT2D eigenvalue weighted by Gasteiger charge is -2.36. The van der Waals surface area contributed by atoms with Gasteiger partial charge in [-0.15, -0.1) is 5.10 Å². The van der Waals surface area contributed by atoms with E-state index in [4.69, 9.17) is 4.42 Å². The number of aromatic amines is 1. The van der Waals surface area contributed by atoms with Gasteiger partial charge in [0.1, 0.15) is 23.1 Å². The van der Waals surface area contributed by atoms with E-state index in [1.807, 2.05) is 0 Å². The number of hydrogen-bond acceptors (Lipinski definition) is 6. The van der Waals surface area contributed by atoms with E-state index in [1.165, 1.54) is 0 Å². The molecule has 1 aliphatic carbocycles. The van der Waals surface area contributed by atoms with E-state index in [9.17, 15) is 18.3 Å². The molecule has 0 amide bonds. The maximum absolute atomic E-state index is 15.1. The first-order valence-corrected chi connectivity index (χ1v) is 12.0. The predicted octanol–water partition coefficient (Wildman–Crippen LogP) is 2.71. The van der Waals surface area contributed by atoms with E-state index in [1.54, 1.807) is 30.3 Å². The molecule has 11 heteroatoms. The summed E-state index contributed by atoms with van der Waals surface area (Å²) >= 11 is 0. The van der Waals surface area contributed by atoms with E-state index in [-0.39, 0.29) is 29.9 Å². The van der Waals surface area contributed by atoms with Gasteiger partial charge in [-0.05, 0) is 43.4 Å². The van der Waals surface area contributed by atoms with Crippen molar-refractivity contribution >= 4 is 10.0 Å². The van der Waals surface area contributed by atoms with Gasteiger partial charge in [-0.2, -0.15) is 4.31 Å². The van der Waals surface area contributed by atoms with Gasteiger partial charge in [-0.1, -0.05) is 30.3 Å². The highest BCUT2D eigenvalue weighted by molar-refractivity contribution is 7.89. The molecule has 33 heavy (non-hydrogen) atoms. The van der Waals surface area contributed by atoms with E-state index in [0.29, 0.717) is 18.4 Å². The van der Waals surface area contributed by atoms with Crippen molar-refractivity contribution in [1.82, 2.24) is 14.5 Å². The number of nitrogens with one attached hydrogen (secondary N) is 1. The number of rotatable bonds is 5. The number of halogens is 2. The molecule has 5 rings (SSSR count). The molecule has 8 nitrogen and oxygen atoms in total. The van der Waals surface area contributed by atoms with Gasteiger partial charge in [0.05, 0.1) is 5.41 Å². The van der Waals surface area contributed by atoms with Gasteiger partial charge in [0.25, 0.3) is 0 Å². The summed E-state index contributed by atoms with van der Waals surface area (Å²) in [6.07, 6.45) is -0.104. The standard InChI is InChI=1S/C22H21F2N3O5S/c23-16-11-15(22(8-9-22)20-25-26-21(29)32-20)17(24)10-14(16)12-27-19(28)7-6-18(33(27,30)31)13-4-2-1-3-5-13/h1-5,10-11,18-19,28H,6-9,12H2,(H,26,29)/t18-,19+/m1/s1. The average molecular weight is 477 g/mol. The van der Waals surface area contributed by atoms with Crippen LogP contribution < -0.4 is 5.76 Å². The Morgan fingerprint density at radius 3 is 2.52 bits per heavy atom. The molecule has 174 valence electrons. The smallest absolute Gasteiger partial charge is 0.392 e. The van der Waals surface area contributed by atoms with Gasteiger partial charge in [0, 0.05) is 17.7 Å². The Bertz CT molecular complexity index is 1350. The number of sulfonamides is 1. The lowest BCUT2D eigenvalue weighted by molar-refractivity contribution is 0.0384. The molecule has 0 unspecified atom stereocenters. The summed E-state index contributed by atoms with van der Waals surface area (Å²) in [7, 11) is -4.03. The minimum Gasteiger partial charge on any atom is -0.392 e. The second kappa shape index (κ2) is 7.86. The summed E-state index contributed by atoms with van der Waals surface area (Å²) in [5, 5.41) is 15.4. The Kier molecular flexibility index (Phi) is 5.22. The Morgan fingerprint density at radius 2 is 1.88 bits per heavy atom. The van der Waals surface area contributed by atoms with Crippen molar-refractivity contribution < 1.29 is 26.7 Å². The number of aromatic nitrogens is 2. The SMILES string of the molecule is O=c1[nH]nc(C2(c3cc(F)c(CN4[C@@H](O)CC[C@H](c5ccccc5)S4(=O)=O)cc3F)CC2)o1. The first-order chi connectivity index (χ1) is 15.7. The molecule has 2 aliphatic rings. The molecule has 2 aromatic carbocycles. The highest BCUT2D eigenvalue weighted by Gasteiger charge is 2.52. The molecule has 2 atom stereocenters. The van der Waals surface area contributed by atoms with Crippen LogP contribution in [0.25, 0.3) is 0 Å². The lowest BCUT2D eigenvalue weighted by atomic mass is 9.93. The fourth-order valence-corrected chi connectivity index (χ4v) is 6.56. The number of aliphatic hydroxyl groups excluding tert-OH is 1. The van der Waals surface area contributed by atoms with Crippen LogP contribution in [-0.2, 0) is 22.0 Å². The first kappa shape index (κ1) is 21.9. The molecule has 1 saturated heterocycles. The second-order valence-corrected chi connectivity index (χ2v) is 10.5. The van der Waals surface area contributed by atoms with Crippen molar-refractivity contribution in [2.45, 2.75) is 49.1 Å². The third-order valence-electron chi connectivity index (χ3n) is 6.45. The molecule has 0 bridgehead atoms. The van der Waals surface area contributed by atoms with Gasteiger partial charge in [0.2, 0.25) is 15.9 Å². The topological polar surface area (TPSA) is 116 Å². The zero-order valence-electron chi connectivity index (χ0n) is 17.4. The maximum Gasteiger partial charge on any atom is 0.434 e. The molecule has 3 aromatic rings.